The fourth-order valence-corrected chi connectivity index (χ4v) is 5.70. The Morgan fingerprint density at radius 2 is 1.10 bits per heavy atom. The van der Waals surface area contributed by atoms with Crippen molar-refractivity contribution in [1.82, 2.24) is 31.9 Å². The number of carbonyl (C=O) groups excluding carboxylic acids is 6. The molecule has 18 heteroatoms. The van der Waals surface area contributed by atoms with Crippen molar-refractivity contribution >= 4 is 47.4 Å². The van der Waals surface area contributed by atoms with Crippen LogP contribution in [0.1, 0.15) is 71.4 Å². The van der Waals surface area contributed by atoms with Gasteiger partial charge >= 0.3 is 11.9 Å². The number of nitrogens with two attached hydrogens (primary N) is 1. The summed E-state index contributed by atoms with van der Waals surface area (Å²) in [6, 6.07) is 7.25. The van der Waals surface area contributed by atoms with Crippen molar-refractivity contribution in [3.63, 3.8) is 0 Å². The summed E-state index contributed by atoms with van der Waals surface area (Å²) in [7, 11) is 0. The third-order valence-corrected chi connectivity index (χ3v) is 9.68. The van der Waals surface area contributed by atoms with Crippen LogP contribution >= 0.6 is 0 Å². The van der Waals surface area contributed by atoms with Gasteiger partial charge in [-0.1, -0.05) is 83.0 Å². The van der Waals surface area contributed by atoms with Crippen molar-refractivity contribution in [3.8, 4) is 5.75 Å². The largest absolute Gasteiger partial charge is 0.508 e. The van der Waals surface area contributed by atoms with Crippen molar-refractivity contribution in [2.45, 2.75) is 109 Å². The van der Waals surface area contributed by atoms with Gasteiger partial charge in [0.05, 0.1) is 6.04 Å². The number of aromatic hydroxyl groups is 1. The average Bonchev–Trinajstić information content (AvgIpc) is 3.19. The van der Waals surface area contributed by atoms with Gasteiger partial charge in [-0.2, -0.15) is 0 Å². The predicted molar refractivity (Wildman–Crippen MR) is 212 cm³/mol. The molecule has 2 rings (SSSR count). The Hall–Kier alpha value is -6.04. The topological polar surface area (TPSA) is 295 Å². The molecule has 0 aliphatic heterocycles. The molecule has 318 valence electrons. The Bertz CT molecular complexity index is 1730. The lowest BCUT2D eigenvalue weighted by Crippen LogP contribution is -2.61. The first-order valence-electron chi connectivity index (χ1n) is 19.2. The number of hydrogen-bond donors (Lipinski definition) is 10. The van der Waals surface area contributed by atoms with Crippen molar-refractivity contribution in [2.24, 2.45) is 17.6 Å². The molecule has 0 unspecified atom stereocenters. The molecular weight excluding hydrogens is 754 g/mol. The van der Waals surface area contributed by atoms with E-state index < -0.39 is 115 Å². The molecule has 18 nitrogen and oxygen atoms in total. The number of benzene rings is 2. The number of carbonyl (C=O) groups is 8. The molecule has 11 N–H and O–H groups in total. The minimum Gasteiger partial charge on any atom is -0.508 e. The summed E-state index contributed by atoms with van der Waals surface area (Å²) in [5.74, 6) is -8.11. The number of amides is 6. The molecule has 2 aromatic carbocycles. The first-order valence-corrected chi connectivity index (χ1v) is 19.2. The second-order valence-electron chi connectivity index (χ2n) is 14.3. The third-order valence-electron chi connectivity index (χ3n) is 9.68. The van der Waals surface area contributed by atoms with Crippen LogP contribution in [0.4, 0.5) is 0 Å². The normalized spacial score (nSPS) is 15.1. The summed E-state index contributed by atoms with van der Waals surface area (Å²) in [5.41, 5.74) is 7.36. The third kappa shape index (κ3) is 16.2. The van der Waals surface area contributed by atoms with Crippen molar-refractivity contribution in [1.29, 1.82) is 0 Å². The predicted octanol–water partition coefficient (Wildman–Crippen LogP) is 0.106. The summed E-state index contributed by atoms with van der Waals surface area (Å²) in [5, 5.41) is 43.2. The van der Waals surface area contributed by atoms with Gasteiger partial charge in [0.15, 0.2) is 0 Å². The standard InChI is InChI=1S/C40H57N7O11/c1-6-22(3)33(39(57)42-21-32(51)52)47-40(58)34(23(4)7-2)46-37(55)29(17-18-31(49)50)44-38(56)30(20-25-11-9-8-10-12-25)45-35(53)24(5)43-36(54)28(41)19-26-13-15-27(48)16-14-26/h8-16,22-24,28-30,33-34,48H,6-7,17-21,41H2,1-5H3,(H,42,57)(H,43,54)(H,44,56)(H,45,53)(H,46,55)(H,47,58)(H,49,50)(H,51,52)/t22-,23-,24-,28-,29-,30-,33-,34-/m0/s1. The smallest absolute Gasteiger partial charge is 0.322 e. The first kappa shape index (κ1) is 48.1. The van der Waals surface area contributed by atoms with Gasteiger partial charge in [-0.05, 0) is 54.9 Å². The van der Waals surface area contributed by atoms with E-state index >= 15 is 0 Å². The van der Waals surface area contributed by atoms with Gasteiger partial charge in [-0.25, -0.2) is 0 Å². The zero-order valence-electron chi connectivity index (χ0n) is 33.4. The highest BCUT2D eigenvalue weighted by Gasteiger charge is 2.35. The molecule has 0 saturated carbocycles. The molecule has 0 heterocycles. The molecule has 58 heavy (non-hydrogen) atoms. The summed E-state index contributed by atoms with van der Waals surface area (Å²) in [6.07, 6.45) is -0.0837. The van der Waals surface area contributed by atoms with Crippen LogP contribution in [-0.4, -0.2) is 105 Å². The highest BCUT2D eigenvalue weighted by Crippen LogP contribution is 2.14. The summed E-state index contributed by atoms with van der Waals surface area (Å²) in [4.78, 5) is 103. The number of aliphatic carboxylic acids is 2. The van der Waals surface area contributed by atoms with Crippen molar-refractivity contribution < 1.29 is 53.7 Å². The second kappa shape index (κ2) is 23.9. The molecule has 6 amide bonds. The molecule has 2 aromatic rings. The van der Waals surface area contributed by atoms with E-state index in [1.807, 2.05) is 0 Å². The Morgan fingerprint density at radius 1 is 0.586 bits per heavy atom. The van der Waals surface area contributed by atoms with Gasteiger partial charge in [0.25, 0.3) is 0 Å². The van der Waals surface area contributed by atoms with E-state index in [0.29, 0.717) is 24.0 Å². The van der Waals surface area contributed by atoms with Crippen LogP contribution in [0.3, 0.4) is 0 Å². The van der Waals surface area contributed by atoms with E-state index in [4.69, 9.17) is 10.8 Å². The molecule has 0 aliphatic rings. The zero-order chi connectivity index (χ0) is 43.5. The van der Waals surface area contributed by atoms with Crippen LogP contribution in [0, 0.1) is 11.8 Å². The maximum Gasteiger partial charge on any atom is 0.322 e. The van der Waals surface area contributed by atoms with Gasteiger partial charge in [0.1, 0.15) is 42.5 Å². The molecule has 8 atom stereocenters. The Labute approximate surface area is 337 Å². The van der Waals surface area contributed by atoms with Gasteiger partial charge < -0.3 is 53.0 Å². The molecule has 0 bridgehead atoms. The van der Waals surface area contributed by atoms with Gasteiger partial charge in [0.2, 0.25) is 35.4 Å². The second-order valence-corrected chi connectivity index (χ2v) is 14.3. The monoisotopic (exact) mass is 811 g/mol. The van der Waals surface area contributed by atoms with Gasteiger partial charge in [0, 0.05) is 12.8 Å². The minimum absolute atomic E-state index is 0.0443. The number of rotatable bonds is 24. The van der Waals surface area contributed by atoms with E-state index in [1.165, 1.54) is 19.1 Å². The lowest BCUT2D eigenvalue weighted by molar-refractivity contribution is -0.140. The lowest BCUT2D eigenvalue weighted by atomic mass is 9.94. The van der Waals surface area contributed by atoms with Crippen LogP contribution < -0.4 is 37.6 Å². The molecular formula is C40H57N7O11. The fourth-order valence-electron chi connectivity index (χ4n) is 5.70. The van der Waals surface area contributed by atoms with Crippen LogP contribution in [0.5, 0.6) is 5.75 Å². The Kier molecular flexibility index (Phi) is 19.8. The summed E-state index contributed by atoms with van der Waals surface area (Å²) in [6.45, 7) is 7.61. The molecule has 0 saturated heterocycles. The van der Waals surface area contributed by atoms with E-state index in [9.17, 15) is 48.6 Å². The number of hydrogen-bond acceptors (Lipinski definition) is 10. The van der Waals surface area contributed by atoms with E-state index in [-0.39, 0.29) is 18.6 Å². The van der Waals surface area contributed by atoms with Gasteiger partial charge in [-0.15, -0.1) is 0 Å². The highest BCUT2D eigenvalue weighted by molar-refractivity contribution is 5.97. The lowest BCUT2D eigenvalue weighted by Gasteiger charge is -2.30. The minimum atomic E-state index is -1.50. The zero-order valence-corrected chi connectivity index (χ0v) is 33.4. The van der Waals surface area contributed by atoms with Crippen molar-refractivity contribution in [2.75, 3.05) is 6.54 Å². The fraction of sp³-hybridized carbons (Fsp3) is 0.500. The van der Waals surface area contributed by atoms with Crippen LogP contribution in [-0.2, 0) is 51.2 Å². The average molecular weight is 812 g/mol. The number of carboxylic acids is 2. The SMILES string of the molecule is CC[C@H](C)[C@H](NC(=O)[C@H](CCC(=O)O)NC(=O)[C@H](Cc1ccccc1)NC(=O)[C@H](C)NC(=O)[C@@H](N)Cc1ccc(O)cc1)C(=O)N[C@H](C(=O)NCC(=O)O)[C@@H](C)CC. The van der Waals surface area contributed by atoms with E-state index in [1.54, 1.807) is 70.2 Å². The maximum absolute atomic E-state index is 13.9. The summed E-state index contributed by atoms with van der Waals surface area (Å²) < 4.78 is 0. The number of phenolic OH excluding ortho intramolecular Hbond substituents is 1. The van der Waals surface area contributed by atoms with Crippen LogP contribution in [0.25, 0.3) is 0 Å². The first-order chi connectivity index (χ1) is 27.4. The van der Waals surface area contributed by atoms with Gasteiger partial charge in [-0.3, -0.25) is 38.4 Å². The van der Waals surface area contributed by atoms with E-state index in [2.05, 4.69) is 31.9 Å². The molecule has 0 aliphatic carbocycles. The molecule has 0 spiro atoms. The quantitative estimate of drug-likeness (QED) is 0.0676. The highest BCUT2D eigenvalue weighted by atomic mass is 16.4. The number of carboxylic acid groups (broad SMARTS) is 2. The van der Waals surface area contributed by atoms with Crippen LogP contribution in [0.2, 0.25) is 0 Å². The molecule has 0 aromatic heterocycles. The Balaban J connectivity index is 2.31. The van der Waals surface area contributed by atoms with E-state index in [0.717, 1.165) is 0 Å². The number of nitrogens with one attached hydrogen (secondary N) is 6. The maximum atomic E-state index is 13.9. The summed E-state index contributed by atoms with van der Waals surface area (Å²) >= 11 is 0. The Morgan fingerprint density at radius 3 is 1.66 bits per heavy atom. The number of phenols is 1. The molecule has 0 fully saturated rings. The van der Waals surface area contributed by atoms with Crippen molar-refractivity contribution in [3.05, 3.63) is 65.7 Å². The van der Waals surface area contributed by atoms with Crippen LogP contribution in [0.15, 0.2) is 54.6 Å². The molecule has 0 radical (unpaired) electrons.